The average molecular weight is 326 g/mol. The number of benzene rings is 2. The first-order valence-electron chi connectivity index (χ1n) is 5.70. The SMILES string of the molecule is Cc1ccc(COc2cc(Br)ccc2C)c(Cl)c1. The van der Waals surface area contributed by atoms with E-state index in [0.717, 1.165) is 31.9 Å². The van der Waals surface area contributed by atoms with Gasteiger partial charge in [-0.05, 0) is 43.2 Å². The Morgan fingerprint density at radius 3 is 2.61 bits per heavy atom. The highest BCUT2D eigenvalue weighted by Gasteiger charge is 2.04. The van der Waals surface area contributed by atoms with E-state index in [9.17, 15) is 0 Å². The average Bonchev–Trinajstić information content (AvgIpc) is 2.32. The van der Waals surface area contributed by atoms with Gasteiger partial charge in [-0.1, -0.05) is 45.7 Å². The lowest BCUT2D eigenvalue weighted by molar-refractivity contribution is 0.304. The molecule has 0 fully saturated rings. The highest BCUT2D eigenvalue weighted by molar-refractivity contribution is 9.10. The van der Waals surface area contributed by atoms with Gasteiger partial charge in [0.1, 0.15) is 12.4 Å². The van der Waals surface area contributed by atoms with E-state index in [1.165, 1.54) is 0 Å². The summed E-state index contributed by atoms with van der Waals surface area (Å²) in [5.41, 5.74) is 3.27. The van der Waals surface area contributed by atoms with E-state index in [-0.39, 0.29) is 0 Å². The second kappa shape index (κ2) is 5.77. The van der Waals surface area contributed by atoms with E-state index in [1.54, 1.807) is 0 Å². The second-order valence-electron chi connectivity index (χ2n) is 4.29. The summed E-state index contributed by atoms with van der Waals surface area (Å²) in [4.78, 5) is 0. The van der Waals surface area contributed by atoms with Crippen molar-refractivity contribution in [1.82, 2.24) is 0 Å². The molecule has 0 aliphatic heterocycles. The summed E-state index contributed by atoms with van der Waals surface area (Å²) in [5, 5.41) is 0.752. The van der Waals surface area contributed by atoms with Gasteiger partial charge in [0.2, 0.25) is 0 Å². The van der Waals surface area contributed by atoms with Crippen LogP contribution in [0.25, 0.3) is 0 Å². The van der Waals surface area contributed by atoms with Crippen LogP contribution in [-0.4, -0.2) is 0 Å². The molecule has 2 aromatic rings. The lowest BCUT2D eigenvalue weighted by Crippen LogP contribution is -1.98. The molecule has 0 heterocycles. The second-order valence-corrected chi connectivity index (χ2v) is 5.62. The molecule has 94 valence electrons. The van der Waals surface area contributed by atoms with Crippen LogP contribution in [-0.2, 0) is 6.61 Å². The molecule has 3 heteroatoms. The van der Waals surface area contributed by atoms with E-state index in [2.05, 4.69) is 15.9 Å². The molecular weight excluding hydrogens is 312 g/mol. The van der Waals surface area contributed by atoms with Gasteiger partial charge in [-0.2, -0.15) is 0 Å². The van der Waals surface area contributed by atoms with Crippen LogP contribution in [0.5, 0.6) is 5.75 Å². The number of hydrogen-bond donors (Lipinski definition) is 0. The molecular formula is C15H14BrClO. The van der Waals surface area contributed by atoms with Crippen LogP contribution in [0.4, 0.5) is 0 Å². The Bertz CT molecular complexity index is 566. The summed E-state index contributed by atoms with van der Waals surface area (Å²) in [6.45, 7) is 4.53. The Labute approximate surface area is 121 Å². The van der Waals surface area contributed by atoms with Crippen molar-refractivity contribution >= 4 is 27.5 Å². The van der Waals surface area contributed by atoms with E-state index in [0.29, 0.717) is 6.61 Å². The molecule has 0 bridgehead atoms. The Balaban J connectivity index is 2.13. The van der Waals surface area contributed by atoms with E-state index >= 15 is 0 Å². The summed E-state index contributed by atoms with van der Waals surface area (Å²) in [6.07, 6.45) is 0. The predicted octanol–water partition coefficient (Wildman–Crippen LogP) is 5.30. The van der Waals surface area contributed by atoms with Crippen molar-refractivity contribution in [1.29, 1.82) is 0 Å². The molecule has 0 aliphatic carbocycles. The third kappa shape index (κ3) is 3.27. The van der Waals surface area contributed by atoms with E-state index < -0.39 is 0 Å². The molecule has 0 N–H and O–H groups in total. The maximum absolute atomic E-state index is 6.18. The van der Waals surface area contributed by atoms with Crippen molar-refractivity contribution in [3.63, 3.8) is 0 Å². The molecule has 0 unspecified atom stereocenters. The first kappa shape index (κ1) is 13.4. The monoisotopic (exact) mass is 324 g/mol. The highest BCUT2D eigenvalue weighted by Crippen LogP contribution is 2.25. The molecule has 2 rings (SSSR count). The zero-order chi connectivity index (χ0) is 13.1. The van der Waals surface area contributed by atoms with Gasteiger partial charge in [0.05, 0.1) is 0 Å². The third-order valence-electron chi connectivity index (χ3n) is 2.74. The minimum Gasteiger partial charge on any atom is -0.489 e. The molecule has 0 aromatic heterocycles. The highest BCUT2D eigenvalue weighted by atomic mass is 79.9. The molecule has 0 atom stereocenters. The number of halogens is 2. The van der Waals surface area contributed by atoms with Crippen molar-refractivity contribution in [3.05, 3.63) is 62.6 Å². The summed E-state index contributed by atoms with van der Waals surface area (Å²) < 4.78 is 6.82. The first-order valence-corrected chi connectivity index (χ1v) is 6.87. The number of aryl methyl sites for hydroxylation is 2. The van der Waals surface area contributed by atoms with Crippen molar-refractivity contribution in [2.24, 2.45) is 0 Å². The van der Waals surface area contributed by atoms with Crippen molar-refractivity contribution < 1.29 is 4.74 Å². The Hall–Kier alpha value is -0.990. The predicted molar refractivity (Wildman–Crippen MR) is 79.4 cm³/mol. The molecule has 2 aromatic carbocycles. The van der Waals surface area contributed by atoms with E-state index in [4.69, 9.17) is 16.3 Å². The van der Waals surface area contributed by atoms with Crippen LogP contribution in [0.2, 0.25) is 5.02 Å². The number of ether oxygens (including phenoxy) is 1. The summed E-state index contributed by atoms with van der Waals surface area (Å²) in [7, 11) is 0. The van der Waals surface area contributed by atoms with Crippen LogP contribution in [0.15, 0.2) is 40.9 Å². The molecule has 0 saturated carbocycles. The first-order chi connectivity index (χ1) is 8.56. The maximum atomic E-state index is 6.18. The maximum Gasteiger partial charge on any atom is 0.123 e. The Kier molecular flexibility index (Phi) is 4.31. The minimum atomic E-state index is 0.483. The van der Waals surface area contributed by atoms with Gasteiger partial charge in [0, 0.05) is 15.1 Å². The van der Waals surface area contributed by atoms with Crippen molar-refractivity contribution in [3.8, 4) is 5.75 Å². The number of hydrogen-bond acceptors (Lipinski definition) is 1. The molecule has 18 heavy (non-hydrogen) atoms. The molecule has 1 nitrogen and oxygen atoms in total. The van der Waals surface area contributed by atoms with Gasteiger partial charge in [0.15, 0.2) is 0 Å². The number of rotatable bonds is 3. The van der Waals surface area contributed by atoms with Crippen LogP contribution < -0.4 is 4.74 Å². The molecule has 0 saturated heterocycles. The lowest BCUT2D eigenvalue weighted by Gasteiger charge is -2.11. The minimum absolute atomic E-state index is 0.483. The summed E-state index contributed by atoms with van der Waals surface area (Å²) in [6, 6.07) is 12.0. The largest absolute Gasteiger partial charge is 0.489 e. The normalized spacial score (nSPS) is 10.4. The quantitative estimate of drug-likeness (QED) is 0.744. The van der Waals surface area contributed by atoms with Gasteiger partial charge in [-0.25, -0.2) is 0 Å². The fraction of sp³-hybridized carbons (Fsp3) is 0.200. The van der Waals surface area contributed by atoms with Gasteiger partial charge in [-0.15, -0.1) is 0 Å². The topological polar surface area (TPSA) is 9.23 Å². The standard InChI is InChI=1S/C15H14BrClO/c1-10-3-5-12(14(17)7-10)9-18-15-8-13(16)6-4-11(15)2/h3-8H,9H2,1-2H3. The fourth-order valence-electron chi connectivity index (χ4n) is 1.65. The van der Waals surface area contributed by atoms with Crippen LogP contribution in [0.1, 0.15) is 16.7 Å². The van der Waals surface area contributed by atoms with Crippen LogP contribution >= 0.6 is 27.5 Å². The van der Waals surface area contributed by atoms with Gasteiger partial charge < -0.3 is 4.74 Å². The Morgan fingerprint density at radius 1 is 1.11 bits per heavy atom. The molecule has 0 aliphatic rings. The van der Waals surface area contributed by atoms with Gasteiger partial charge >= 0.3 is 0 Å². The summed E-state index contributed by atoms with van der Waals surface area (Å²) >= 11 is 9.62. The van der Waals surface area contributed by atoms with Crippen LogP contribution in [0, 0.1) is 13.8 Å². The fourth-order valence-corrected chi connectivity index (χ4v) is 2.28. The van der Waals surface area contributed by atoms with E-state index in [1.807, 2.05) is 50.2 Å². The van der Waals surface area contributed by atoms with Crippen molar-refractivity contribution in [2.45, 2.75) is 20.5 Å². The molecule has 0 spiro atoms. The third-order valence-corrected chi connectivity index (χ3v) is 3.59. The van der Waals surface area contributed by atoms with Gasteiger partial charge in [-0.3, -0.25) is 0 Å². The molecule has 0 radical (unpaired) electrons. The lowest BCUT2D eigenvalue weighted by atomic mass is 10.1. The zero-order valence-corrected chi connectivity index (χ0v) is 12.7. The zero-order valence-electron chi connectivity index (χ0n) is 10.3. The van der Waals surface area contributed by atoms with Crippen LogP contribution in [0.3, 0.4) is 0 Å². The van der Waals surface area contributed by atoms with Gasteiger partial charge in [0.25, 0.3) is 0 Å². The van der Waals surface area contributed by atoms with Crippen molar-refractivity contribution in [2.75, 3.05) is 0 Å². The smallest absolute Gasteiger partial charge is 0.123 e. The summed E-state index contributed by atoms with van der Waals surface area (Å²) in [5.74, 6) is 0.876. The Morgan fingerprint density at radius 2 is 1.89 bits per heavy atom. The molecule has 0 amide bonds.